The molecule has 0 aromatic rings. The zero-order chi connectivity index (χ0) is 14.5. The number of rotatable bonds is 10. The van der Waals surface area contributed by atoms with E-state index in [4.69, 9.17) is 15.2 Å². The van der Waals surface area contributed by atoms with E-state index in [2.05, 4.69) is 22.1 Å². The molecule has 20 heavy (non-hydrogen) atoms. The second kappa shape index (κ2) is 11.9. The molecule has 6 nitrogen and oxygen atoms in total. The van der Waals surface area contributed by atoms with E-state index in [9.17, 15) is 0 Å². The lowest BCUT2D eigenvalue weighted by Crippen LogP contribution is -2.37. The summed E-state index contributed by atoms with van der Waals surface area (Å²) in [5, 5.41) is 3.07. The third-order valence-electron chi connectivity index (χ3n) is 3.21. The molecule has 1 aliphatic rings. The third-order valence-corrected chi connectivity index (χ3v) is 3.21. The maximum absolute atomic E-state index is 5.78. The summed E-state index contributed by atoms with van der Waals surface area (Å²) in [6.07, 6.45) is 3.32. The van der Waals surface area contributed by atoms with Crippen LogP contribution < -0.4 is 11.1 Å². The molecule has 1 heterocycles. The van der Waals surface area contributed by atoms with Gasteiger partial charge >= 0.3 is 0 Å². The molecule has 3 N–H and O–H groups in total. The Morgan fingerprint density at radius 2 is 2.10 bits per heavy atom. The summed E-state index contributed by atoms with van der Waals surface area (Å²) in [4.78, 5) is 6.72. The van der Waals surface area contributed by atoms with Crippen LogP contribution in [-0.2, 0) is 9.47 Å². The molecule has 118 valence electrons. The third kappa shape index (κ3) is 9.12. The van der Waals surface area contributed by atoms with Crippen molar-refractivity contribution in [2.24, 2.45) is 10.7 Å². The minimum Gasteiger partial charge on any atom is -0.380 e. The Bertz CT molecular complexity index is 256. The molecule has 0 amide bonds. The number of unbranched alkanes of at least 4 members (excludes halogenated alkanes) is 1. The van der Waals surface area contributed by atoms with Gasteiger partial charge in [0, 0.05) is 39.3 Å². The fourth-order valence-electron chi connectivity index (χ4n) is 1.97. The summed E-state index contributed by atoms with van der Waals surface area (Å²) in [5.41, 5.74) is 5.78. The van der Waals surface area contributed by atoms with Crippen molar-refractivity contribution in [3.05, 3.63) is 0 Å². The van der Waals surface area contributed by atoms with Gasteiger partial charge in [0.2, 0.25) is 0 Å². The van der Waals surface area contributed by atoms with Crippen LogP contribution in [0.3, 0.4) is 0 Å². The summed E-state index contributed by atoms with van der Waals surface area (Å²) < 4.78 is 10.8. The quantitative estimate of drug-likeness (QED) is 0.346. The predicted molar refractivity (Wildman–Crippen MR) is 82.1 cm³/mol. The van der Waals surface area contributed by atoms with Crippen molar-refractivity contribution in [3.63, 3.8) is 0 Å². The first kappa shape index (κ1) is 17.2. The van der Waals surface area contributed by atoms with Gasteiger partial charge in [-0.25, -0.2) is 0 Å². The van der Waals surface area contributed by atoms with E-state index in [0.717, 1.165) is 65.4 Å². The van der Waals surface area contributed by atoms with E-state index in [-0.39, 0.29) is 0 Å². The van der Waals surface area contributed by atoms with Crippen molar-refractivity contribution in [2.75, 3.05) is 59.2 Å². The maximum Gasteiger partial charge on any atom is 0.188 e. The summed E-state index contributed by atoms with van der Waals surface area (Å²) in [7, 11) is 0. The first-order chi connectivity index (χ1) is 9.83. The molecule has 0 unspecified atom stereocenters. The average Bonchev–Trinajstić information content (AvgIpc) is 2.48. The van der Waals surface area contributed by atoms with Gasteiger partial charge in [0.05, 0.1) is 19.8 Å². The van der Waals surface area contributed by atoms with Gasteiger partial charge in [-0.05, 0) is 12.8 Å². The van der Waals surface area contributed by atoms with E-state index < -0.39 is 0 Å². The normalized spacial score (nSPS) is 17.4. The van der Waals surface area contributed by atoms with Crippen LogP contribution in [-0.4, -0.2) is 70.0 Å². The van der Waals surface area contributed by atoms with Crippen LogP contribution in [0.1, 0.15) is 26.2 Å². The smallest absolute Gasteiger partial charge is 0.188 e. The van der Waals surface area contributed by atoms with Gasteiger partial charge in [-0.2, -0.15) is 0 Å². The molecule has 0 saturated carbocycles. The highest BCUT2D eigenvalue weighted by Gasteiger charge is 2.08. The van der Waals surface area contributed by atoms with Crippen LogP contribution in [0.2, 0.25) is 0 Å². The van der Waals surface area contributed by atoms with Crippen molar-refractivity contribution in [1.82, 2.24) is 10.2 Å². The van der Waals surface area contributed by atoms with Crippen molar-refractivity contribution < 1.29 is 9.47 Å². The molecule has 0 aromatic carbocycles. The minimum atomic E-state index is 0.520. The topological polar surface area (TPSA) is 72.1 Å². The van der Waals surface area contributed by atoms with Gasteiger partial charge in [0.25, 0.3) is 0 Å². The lowest BCUT2D eigenvalue weighted by Gasteiger charge is -2.26. The fourth-order valence-corrected chi connectivity index (χ4v) is 1.97. The molecule has 1 saturated heterocycles. The molecule has 0 aliphatic carbocycles. The Kier molecular flexibility index (Phi) is 10.3. The summed E-state index contributed by atoms with van der Waals surface area (Å²) in [6, 6.07) is 0. The lowest BCUT2D eigenvalue weighted by molar-refractivity contribution is 0.0377. The number of ether oxygens (including phenoxy) is 2. The van der Waals surface area contributed by atoms with Gasteiger partial charge in [0.1, 0.15) is 0 Å². The summed E-state index contributed by atoms with van der Waals surface area (Å²) >= 11 is 0. The zero-order valence-corrected chi connectivity index (χ0v) is 12.8. The number of hydrogen-bond acceptors (Lipinski definition) is 4. The second-order valence-corrected chi connectivity index (χ2v) is 4.97. The van der Waals surface area contributed by atoms with E-state index in [1.165, 1.54) is 6.42 Å². The largest absolute Gasteiger partial charge is 0.380 e. The van der Waals surface area contributed by atoms with Crippen molar-refractivity contribution in [3.8, 4) is 0 Å². The number of nitrogens with two attached hydrogens (primary N) is 1. The lowest BCUT2D eigenvalue weighted by atomic mass is 10.3. The molecule has 1 rings (SSSR count). The van der Waals surface area contributed by atoms with E-state index in [1.807, 2.05) is 0 Å². The molecule has 6 heteroatoms. The number of nitrogens with one attached hydrogen (secondary N) is 1. The van der Waals surface area contributed by atoms with Crippen LogP contribution in [0, 0.1) is 0 Å². The van der Waals surface area contributed by atoms with Gasteiger partial charge in [-0.3, -0.25) is 9.89 Å². The first-order valence-corrected chi connectivity index (χ1v) is 7.74. The molecule has 0 spiro atoms. The number of guanidine groups is 1. The van der Waals surface area contributed by atoms with E-state index in [1.54, 1.807) is 0 Å². The van der Waals surface area contributed by atoms with Crippen LogP contribution in [0.15, 0.2) is 4.99 Å². The molecule has 0 aromatic heterocycles. The van der Waals surface area contributed by atoms with Crippen molar-refractivity contribution in [1.29, 1.82) is 0 Å². The second-order valence-electron chi connectivity index (χ2n) is 4.97. The van der Waals surface area contributed by atoms with E-state index >= 15 is 0 Å². The van der Waals surface area contributed by atoms with Gasteiger partial charge in [-0.15, -0.1) is 0 Å². The van der Waals surface area contributed by atoms with Crippen LogP contribution in [0.5, 0.6) is 0 Å². The minimum absolute atomic E-state index is 0.520. The predicted octanol–water partition coefficient (Wildman–Crippen LogP) is 0.430. The highest BCUT2D eigenvalue weighted by molar-refractivity contribution is 5.77. The van der Waals surface area contributed by atoms with Crippen molar-refractivity contribution >= 4 is 5.96 Å². The Balaban J connectivity index is 1.92. The average molecular weight is 286 g/mol. The molecular formula is C14H30N4O2. The molecule has 1 aliphatic heterocycles. The zero-order valence-electron chi connectivity index (χ0n) is 12.8. The Morgan fingerprint density at radius 3 is 2.85 bits per heavy atom. The highest BCUT2D eigenvalue weighted by Crippen LogP contribution is 1.97. The van der Waals surface area contributed by atoms with Gasteiger partial charge in [-0.1, -0.05) is 13.3 Å². The van der Waals surface area contributed by atoms with Crippen LogP contribution in [0.25, 0.3) is 0 Å². The fraction of sp³-hybridized carbons (Fsp3) is 0.929. The maximum atomic E-state index is 5.78. The van der Waals surface area contributed by atoms with Crippen LogP contribution >= 0.6 is 0 Å². The number of aliphatic imine (C=N–C) groups is 1. The standard InChI is InChI=1S/C14H30N4O2/c1-2-3-10-19-11-6-17-14(15)16-5-4-7-18-8-12-20-13-9-18/h2-13H2,1H3,(H3,15,16,17). The monoisotopic (exact) mass is 286 g/mol. The highest BCUT2D eigenvalue weighted by atomic mass is 16.5. The van der Waals surface area contributed by atoms with Crippen molar-refractivity contribution in [2.45, 2.75) is 26.2 Å². The Morgan fingerprint density at radius 1 is 1.30 bits per heavy atom. The summed E-state index contributed by atoms with van der Waals surface area (Å²) in [5.74, 6) is 0.520. The molecule has 1 fully saturated rings. The molecular weight excluding hydrogens is 256 g/mol. The Labute approximate surface area is 122 Å². The SMILES string of the molecule is CCCCOCCNC(N)=NCCCN1CCOCC1. The summed E-state index contributed by atoms with van der Waals surface area (Å²) in [6.45, 7) is 10.0. The molecule has 0 bridgehead atoms. The number of nitrogens with zero attached hydrogens (tertiary/aromatic N) is 2. The molecule has 0 atom stereocenters. The number of hydrogen-bond donors (Lipinski definition) is 2. The van der Waals surface area contributed by atoms with Crippen LogP contribution in [0.4, 0.5) is 0 Å². The number of morpholine rings is 1. The Hall–Kier alpha value is -0.850. The first-order valence-electron chi connectivity index (χ1n) is 7.74. The molecule has 0 radical (unpaired) electrons. The van der Waals surface area contributed by atoms with E-state index in [0.29, 0.717) is 12.6 Å². The van der Waals surface area contributed by atoms with Gasteiger partial charge < -0.3 is 20.5 Å². The van der Waals surface area contributed by atoms with Gasteiger partial charge in [0.15, 0.2) is 5.96 Å².